The minimum atomic E-state index is -4.48. The van der Waals surface area contributed by atoms with Gasteiger partial charge in [-0.2, -0.15) is 18.3 Å². The molecule has 0 aliphatic carbocycles. The standard InChI is InChI=1S/C10H15F3N4O/c1-2-4-15-7(9(14)18)6-17-5-3-8(16-17)10(11,12)13/h3,5,7,15H,2,4,6H2,1H3,(H2,14,18). The van der Waals surface area contributed by atoms with Crippen LogP contribution < -0.4 is 11.1 Å². The Hall–Kier alpha value is -1.57. The highest BCUT2D eigenvalue weighted by Crippen LogP contribution is 2.27. The summed E-state index contributed by atoms with van der Waals surface area (Å²) in [5.41, 5.74) is 4.17. The number of carbonyl (C=O) groups is 1. The first-order valence-electron chi connectivity index (χ1n) is 5.48. The quantitative estimate of drug-likeness (QED) is 0.796. The molecule has 1 heterocycles. The molecule has 1 aromatic heterocycles. The molecular formula is C10H15F3N4O. The van der Waals surface area contributed by atoms with Crippen molar-refractivity contribution in [2.75, 3.05) is 6.54 Å². The molecular weight excluding hydrogens is 249 g/mol. The van der Waals surface area contributed by atoms with Gasteiger partial charge in [0, 0.05) is 6.20 Å². The van der Waals surface area contributed by atoms with E-state index < -0.39 is 23.8 Å². The summed E-state index contributed by atoms with van der Waals surface area (Å²) in [5, 5.41) is 6.20. The number of hydrogen-bond acceptors (Lipinski definition) is 3. The Bertz CT molecular complexity index is 402. The van der Waals surface area contributed by atoms with E-state index in [1.807, 2.05) is 6.92 Å². The maximum Gasteiger partial charge on any atom is 0.435 e. The number of alkyl halides is 3. The molecule has 18 heavy (non-hydrogen) atoms. The number of nitrogens with zero attached hydrogens (tertiary/aromatic N) is 2. The van der Waals surface area contributed by atoms with E-state index >= 15 is 0 Å². The predicted octanol–water partition coefficient (Wildman–Crippen LogP) is 0.755. The number of hydrogen-bond donors (Lipinski definition) is 2. The Morgan fingerprint density at radius 2 is 2.28 bits per heavy atom. The van der Waals surface area contributed by atoms with Gasteiger partial charge in [-0.05, 0) is 19.0 Å². The van der Waals surface area contributed by atoms with Crippen LogP contribution in [0.25, 0.3) is 0 Å². The molecule has 0 aliphatic heterocycles. The zero-order valence-electron chi connectivity index (χ0n) is 9.87. The van der Waals surface area contributed by atoms with Crippen LogP contribution in [0.1, 0.15) is 19.0 Å². The fourth-order valence-electron chi connectivity index (χ4n) is 1.38. The lowest BCUT2D eigenvalue weighted by Gasteiger charge is -2.14. The van der Waals surface area contributed by atoms with E-state index in [9.17, 15) is 18.0 Å². The zero-order valence-corrected chi connectivity index (χ0v) is 9.87. The molecule has 1 unspecified atom stereocenters. The van der Waals surface area contributed by atoms with Crippen LogP contribution in [-0.2, 0) is 17.5 Å². The summed E-state index contributed by atoms with van der Waals surface area (Å²) >= 11 is 0. The van der Waals surface area contributed by atoms with Crippen molar-refractivity contribution in [3.63, 3.8) is 0 Å². The van der Waals surface area contributed by atoms with Crippen molar-refractivity contribution >= 4 is 5.91 Å². The van der Waals surface area contributed by atoms with Crippen molar-refractivity contribution in [2.45, 2.75) is 32.1 Å². The van der Waals surface area contributed by atoms with Crippen LogP contribution in [0.2, 0.25) is 0 Å². The van der Waals surface area contributed by atoms with E-state index in [-0.39, 0.29) is 6.54 Å². The van der Waals surface area contributed by atoms with E-state index in [2.05, 4.69) is 10.4 Å². The van der Waals surface area contributed by atoms with Crippen LogP contribution in [0.15, 0.2) is 12.3 Å². The number of carbonyl (C=O) groups excluding carboxylic acids is 1. The Morgan fingerprint density at radius 1 is 1.61 bits per heavy atom. The van der Waals surface area contributed by atoms with Gasteiger partial charge in [-0.3, -0.25) is 9.48 Å². The van der Waals surface area contributed by atoms with Crippen LogP contribution in [0.5, 0.6) is 0 Å². The fourth-order valence-corrected chi connectivity index (χ4v) is 1.38. The van der Waals surface area contributed by atoms with Gasteiger partial charge in [0.05, 0.1) is 6.54 Å². The minimum Gasteiger partial charge on any atom is -0.368 e. The lowest BCUT2D eigenvalue weighted by Crippen LogP contribution is -2.44. The molecule has 0 radical (unpaired) electrons. The van der Waals surface area contributed by atoms with Gasteiger partial charge in [0.25, 0.3) is 0 Å². The molecule has 1 atom stereocenters. The van der Waals surface area contributed by atoms with Gasteiger partial charge in [0.15, 0.2) is 5.69 Å². The van der Waals surface area contributed by atoms with Gasteiger partial charge in [-0.15, -0.1) is 0 Å². The largest absolute Gasteiger partial charge is 0.435 e. The number of halogens is 3. The third kappa shape index (κ3) is 4.02. The summed E-state index contributed by atoms with van der Waals surface area (Å²) < 4.78 is 38.0. The van der Waals surface area contributed by atoms with Crippen molar-refractivity contribution < 1.29 is 18.0 Å². The Balaban J connectivity index is 2.69. The summed E-state index contributed by atoms with van der Waals surface area (Å²) in [7, 11) is 0. The van der Waals surface area contributed by atoms with Crippen LogP contribution in [-0.4, -0.2) is 28.3 Å². The number of amides is 1. The summed E-state index contributed by atoms with van der Waals surface area (Å²) in [6, 6.07) is 0.128. The van der Waals surface area contributed by atoms with E-state index in [1.165, 1.54) is 6.20 Å². The first-order chi connectivity index (χ1) is 8.34. The van der Waals surface area contributed by atoms with Crippen molar-refractivity contribution in [3.8, 4) is 0 Å². The van der Waals surface area contributed by atoms with E-state index in [0.717, 1.165) is 17.2 Å². The normalized spacial score (nSPS) is 13.6. The van der Waals surface area contributed by atoms with Gasteiger partial charge < -0.3 is 11.1 Å². The highest BCUT2D eigenvalue weighted by Gasteiger charge is 2.33. The molecule has 1 amide bonds. The molecule has 0 bridgehead atoms. The number of aromatic nitrogens is 2. The average Bonchev–Trinajstić information content (AvgIpc) is 2.71. The van der Waals surface area contributed by atoms with Crippen molar-refractivity contribution in [1.82, 2.24) is 15.1 Å². The van der Waals surface area contributed by atoms with Gasteiger partial charge >= 0.3 is 6.18 Å². The van der Waals surface area contributed by atoms with Crippen molar-refractivity contribution in [3.05, 3.63) is 18.0 Å². The lowest BCUT2D eigenvalue weighted by molar-refractivity contribution is -0.141. The molecule has 1 rings (SSSR count). The summed E-state index contributed by atoms with van der Waals surface area (Å²) in [4.78, 5) is 11.1. The molecule has 0 aromatic carbocycles. The predicted molar refractivity (Wildman–Crippen MR) is 58.5 cm³/mol. The van der Waals surface area contributed by atoms with E-state index in [4.69, 9.17) is 5.73 Å². The van der Waals surface area contributed by atoms with E-state index in [0.29, 0.717) is 6.54 Å². The topological polar surface area (TPSA) is 72.9 Å². The number of primary amides is 1. The SMILES string of the molecule is CCCNC(Cn1ccc(C(F)(F)F)n1)C(N)=O. The third-order valence-corrected chi connectivity index (χ3v) is 2.28. The molecule has 0 fully saturated rings. The number of nitrogens with two attached hydrogens (primary N) is 1. The van der Waals surface area contributed by atoms with Gasteiger partial charge in [-0.1, -0.05) is 6.92 Å². The average molecular weight is 264 g/mol. The van der Waals surface area contributed by atoms with Crippen LogP contribution >= 0.6 is 0 Å². The van der Waals surface area contributed by atoms with Gasteiger partial charge in [-0.25, -0.2) is 0 Å². The van der Waals surface area contributed by atoms with Gasteiger partial charge in [0.2, 0.25) is 5.91 Å². The maximum absolute atomic E-state index is 12.3. The second kappa shape index (κ2) is 5.85. The Labute approximate surface area is 102 Å². The van der Waals surface area contributed by atoms with Crippen molar-refractivity contribution in [1.29, 1.82) is 0 Å². The first-order valence-corrected chi connectivity index (χ1v) is 5.48. The lowest BCUT2D eigenvalue weighted by atomic mass is 10.2. The third-order valence-electron chi connectivity index (χ3n) is 2.28. The van der Waals surface area contributed by atoms with Crippen LogP contribution in [0.3, 0.4) is 0 Å². The smallest absolute Gasteiger partial charge is 0.368 e. The summed E-state index contributed by atoms with van der Waals surface area (Å²) in [6.45, 7) is 2.44. The van der Waals surface area contributed by atoms with E-state index in [1.54, 1.807) is 0 Å². The number of nitrogens with one attached hydrogen (secondary N) is 1. The molecule has 0 aliphatic rings. The molecule has 8 heteroatoms. The molecule has 0 spiro atoms. The molecule has 3 N–H and O–H groups in total. The Kier molecular flexibility index (Phi) is 4.71. The number of rotatable bonds is 6. The molecule has 0 saturated heterocycles. The molecule has 0 saturated carbocycles. The monoisotopic (exact) mass is 264 g/mol. The van der Waals surface area contributed by atoms with Crippen LogP contribution in [0.4, 0.5) is 13.2 Å². The minimum absolute atomic E-state index is 0.0224. The highest BCUT2D eigenvalue weighted by molar-refractivity contribution is 5.79. The second-order valence-corrected chi connectivity index (χ2v) is 3.83. The molecule has 5 nitrogen and oxygen atoms in total. The summed E-state index contributed by atoms with van der Waals surface area (Å²) in [6.07, 6.45) is -2.52. The molecule has 1 aromatic rings. The van der Waals surface area contributed by atoms with Crippen LogP contribution in [0, 0.1) is 0 Å². The fraction of sp³-hybridized carbons (Fsp3) is 0.600. The summed E-state index contributed by atoms with van der Waals surface area (Å²) in [5.74, 6) is -0.618. The maximum atomic E-state index is 12.3. The van der Waals surface area contributed by atoms with Crippen molar-refractivity contribution in [2.24, 2.45) is 5.73 Å². The Morgan fingerprint density at radius 3 is 2.72 bits per heavy atom. The first kappa shape index (κ1) is 14.5. The van der Waals surface area contributed by atoms with Gasteiger partial charge in [0.1, 0.15) is 6.04 Å². The highest BCUT2D eigenvalue weighted by atomic mass is 19.4. The molecule has 102 valence electrons. The second-order valence-electron chi connectivity index (χ2n) is 3.83. The zero-order chi connectivity index (χ0) is 13.8.